The topological polar surface area (TPSA) is 54.4 Å². The lowest BCUT2D eigenvalue weighted by Gasteiger charge is -2.18. The van der Waals surface area contributed by atoms with Gasteiger partial charge in [-0.15, -0.1) is 0 Å². The number of aliphatic hydroxyl groups is 1. The van der Waals surface area contributed by atoms with Crippen molar-refractivity contribution in [1.29, 1.82) is 0 Å². The third kappa shape index (κ3) is 11.7. The molecule has 0 saturated heterocycles. The Labute approximate surface area is 141 Å². The Morgan fingerprint density at radius 2 is 1.74 bits per heavy atom. The van der Waals surface area contributed by atoms with Gasteiger partial charge >= 0.3 is 0 Å². The zero-order valence-electron chi connectivity index (χ0n) is 15.3. The van der Waals surface area contributed by atoms with E-state index in [0.29, 0.717) is 12.8 Å². The standard InChI is InChI=1S/C20H32O3/c1-16(2)19(22)11-14-20(5,23)13-7-10-17(3)8-6-9-18(4)12-15-21/h9-11,14-16,23H,6-8,12-13H2,1-5H3/b14-11+,17-10+,18-9+/t20-/m0/s1. The molecule has 23 heavy (non-hydrogen) atoms. The Balaban J connectivity index is 4.26. The molecule has 0 aliphatic carbocycles. The van der Waals surface area contributed by atoms with Crippen LogP contribution in [-0.4, -0.2) is 22.8 Å². The van der Waals surface area contributed by atoms with Gasteiger partial charge in [0.25, 0.3) is 0 Å². The summed E-state index contributed by atoms with van der Waals surface area (Å²) in [5.41, 5.74) is 1.43. The average molecular weight is 320 g/mol. The first kappa shape index (κ1) is 21.5. The molecular formula is C20H32O3. The average Bonchev–Trinajstić information content (AvgIpc) is 2.44. The van der Waals surface area contributed by atoms with Crippen LogP contribution < -0.4 is 0 Å². The Bertz CT molecular complexity index is 465. The number of hydrogen-bond acceptors (Lipinski definition) is 3. The zero-order valence-corrected chi connectivity index (χ0v) is 15.3. The summed E-state index contributed by atoms with van der Waals surface area (Å²) >= 11 is 0. The van der Waals surface area contributed by atoms with Crippen molar-refractivity contribution in [2.45, 2.75) is 72.3 Å². The molecule has 0 aromatic heterocycles. The number of ketones is 1. The number of hydrogen-bond donors (Lipinski definition) is 1. The SMILES string of the molecule is C/C(=C\CC/C(C)=C/CC[C@](C)(O)/C=C/C(=O)C(C)C)CC=O. The molecule has 0 aromatic rings. The minimum absolute atomic E-state index is 0.0366. The van der Waals surface area contributed by atoms with Gasteiger partial charge in [0.1, 0.15) is 6.29 Å². The molecule has 0 bridgehead atoms. The van der Waals surface area contributed by atoms with E-state index in [0.717, 1.165) is 31.1 Å². The molecule has 0 aliphatic heterocycles. The van der Waals surface area contributed by atoms with E-state index in [1.807, 2.05) is 20.8 Å². The molecule has 0 rings (SSSR count). The van der Waals surface area contributed by atoms with Crippen LogP contribution >= 0.6 is 0 Å². The molecule has 1 atom stereocenters. The van der Waals surface area contributed by atoms with Gasteiger partial charge in [-0.2, -0.15) is 0 Å². The minimum Gasteiger partial charge on any atom is -0.386 e. The number of rotatable bonds is 11. The van der Waals surface area contributed by atoms with Gasteiger partial charge in [0, 0.05) is 12.3 Å². The summed E-state index contributed by atoms with van der Waals surface area (Å²) in [6.45, 7) is 9.47. The normalized spacial score (nSPS) is 16.0. The highest BCUT2D eigenvalue weighted by Crippen LogP contribution is 2.17. The number of carbonyl (C=O) groups excluding carboxylic acids is 2. The van der Waals surface area contributed by atoms with Crippen LogP contribution in [0.4, 0.5) is 0 Å². The van der Waals surface area contributed by atoms with E-state index in [9.17, 15) is 14.7 Å². The van der Waals surface area contributed by atoms with Crippen LogP contribution in [0.15, 0.2) is 35.5 Å². The van der Waals surface area contributed by atoms with E-state index >= 15 is 0 Å². The molecular weight excluding hydrogens is 288 g/mol. The van der Waals surface area contributed by atoms with Crippen molar-refractivity contribution in [3.8, 4) is 0 Å². The summed E-state index contributed by atoms with van der Waals surface area (Å²) in [6.07, 6.45) is 12.0. The Kier molecular flexibility index (Phi) is 10.4. The molecule has 0 fully saturated rings. The second kappa shape index (κ2) is 11.1. The lowest BCUT2D eigenvalue weighted by Crippen LogP contribution is -2.21. The summed E-state index contributed by atoms with van der Waals surface area (Å²) in [4.78, 5) is 21.9. The van der Waals surface area contributed by atoms with Crippen LogP contribution in [0, 0.1) is 5.92 Å². The molecule has 3 nitrogen and oxygen atoms in total. The third-order valence-corrected chi connectivity index (χ3v) is 3.76. The molecule has 0 spiro atoms. The van der Waals surface area contributed by atoms with Crippen LogP contribution in [0.3, 0.4) is 0 Å². The number of allylic oxidation sites excluding steroid dienone is 5. The van der Waals surface area contributed by atoms with E-state index in [1.165, 1.54) is 11.6 Å². The number of aldehydes is 1. The molecule has 0 unspecified atom stereocenters. The first-order chi connectivity index (χ1) is 10.7. The minimum atomic E-state index is -0.957. The van der Waals surface area contributed by atoms with Gasteiger partial charge in [0.2, 0.25) is 0 Å². The maximum absolute atomic E-state index is 11.6. The first-order valence-electron chi connectivity index (χ1n) is 8.38. The van der Waals surface area contributed by atoms with E-state index in [2.05, 4.69) is 19.1 Å². The Morgan fingerprint density at radius 1 is 1.13 bits per heavy atom. The summed E-state index contributed by atoms with van der Waals surface area (Å²) in [6, 6.07) is 0. The van der Waals surface area contributed by atoms with Gasteiger partial charge in [-0.25, -0.2) is 0 Å². The van der Waals surface area contributed by atoms with Gasteiger partial charge in [0.05, 0.1) is 5.60 Å². The largest absolute Gasteiger partial charge is 0.386 e. The summed E-state index contributed by atoms with van der Waals surface area (Å²) < 4.78 is 0. The highest BCUT2D eigenvalue weighted by Gasteiger charge is 2.16. The lowest BCUT2D eigenvalue weighted by molar-refractivity contribution is -0.117. The fraction of sp³-hybridized carbons (Fsp3) is 0.600. The molecule has 1 N–H and O–H groups in total. The van der Waals surface area contributed by atoms with Gasteiger partial charge < -0.3 is 9.90 Å². The summed E-state index contributed by atoms with van der Waals surface area (Å²) in [5, 5.41) is 10.3. The third-order valence-electron chi connectivity index (χ3n) is 3.76. The van der Waals surface area contributed by atoms with Crippen molar-refractivity contribution >= 4 is 12.1 Å². The van der Waals surface area contributed by atoms with Gasteiger partial charge in [-0.1, -0.05) is 37.1 Å². The van der Waals surface area contributed by atoms with Crippen molar-refractivity contribution in [2.75, 3.05) is 0 Å². The van der Waals surface area contributed by atoms with Crippen molar-refractivity contribution in [3.05, 3.63) is 35.5 Å². The van der Waals surface area contributed by atoms with Crippen LogP contribution in [0.5, 0.6) is 0 Å². The molecule has 3 heteroatoms. The Hall–Kier alpha value is -1.48. The lowest BCUT2D eigenvalue weighted by atomic mass is 9.96. The van der Waals surface area contributed by atoms with Crippen LogP contribution in [-0.2, 0) is 9.59 Å². The van der Waals surface area contributed by atoms with Gasteiger partial charge in [-0.05, 0) is 58.6 Å². The van der Waals surface area contributed by atoms with E-state index < -0.39 is 5.60 Å². The van der Waals surface area contributed by atoms with Crippen molar-refractivity contribution in [1.82, 2.24) is 0 Å². The zero-order chi connectivity index (χ0) is 17.9. The smallest absolute Gasteiger partial charge is 0.157 e. The molecule has 0 heterocycles. The van der Waals surface area contributed by atoms with E-state index in [4.69, 9.17) is 0 Å². The van der Waals surface area contributed by atoms with Crippen molar-refractivity contribution in [3.63, 3.8) is 0 Å². The van der Waals surface area contributed by atoms with Gasteiger partial charge in [-0.3, -0.25) is 4.79 Å². The van der Waals surface area contributed by atoms with Crippen molar-refractivity contribution in [2.24, 2.45) is 5.92 Å². The predicted octanol–water partition coefficient (Wildman–Crippen LogP) is 4.56. The van der Waals surface area contributed by atoms with Crippen LogP contribution in [0.1, 0.15) is 66.7 Å². The van der Waals surface area contributed by atoms with Crippen LogP contribution in [0.25, 0.3) is 0 Å². The summed E-state index contributed by atoms with van der Waals surface area (Å²) in [5.74, 6) is -0.00519. The fourth-order valence-electron chi connectivity index (χ4n) is 2.01. The molecule has 0 saturated carbocycles. The van der Waals surface area contributed by atoms with E-state index in [-0.39, 0.29) is 11.7 Å². The quantitative estimate of drug-likeness (QED) is 0.345. The highest BCUT2D eigenvalue weighted by atomic mass is 16.3. The maximum Gasteiger partial charge on any atom is 0.157 e. The second-order valence-corrected chi connectivity index (χ2v) is 6.80. The highest BCUT2D eigenvalue weighted by molar-refractivity contribution is 5.91. The first-order valence-corrected chi connectivity index (χ1v) is 8.38. The summed E-state index contributed by atoms with van der Waals surface area (Å²) in [7, 11) is 0. The molecule has 0 aliphatic rings. The fourth-order valence-corrected chi connectivity index (χ4v) is 2.01. The second-order valence-electron chi connectivity index (χ2n) is 6.80. The molecule has 130 valence electrons. The molecule has 0 radical (unpaired) electrons. The monoisotopic (exact) mass is 320 g/mol. The van der Waals surface area contributed by atoms with Crippen molar-refractivity contribution < 1.29 is 14.7 Å². The Morgan fingerprint density at radius 3 is 2.30 bits per heavy atom. The van der Waals surface area contributed by atoms with Gasteiger partial charge in [0.15, 0.2) is 5.78 Å². The molecule has 0 aromatic carbocycles. The predicted molar refractivity (Wildman–Crippen MR) is 96.3 cm³/mol. The maximum atomic E-state index is 11.6. The molecule has 0 amide bonds. The van der Waals surface area contributed by atoms with Crippen LogP contribution in [0.2, 0.25) is 0 Å². The number of carbonyl (C=O) groups is 2. The van der Waals surface area contributed by atoms with E-state index in [1.54, 1.807) is 13.0 Å².